The van der Waals surface area contributed by atoms with Crippen LogP contribution >= 0.6 is 11.8 Å². The monoisotopic (exact) mass is 259 g/mol. The number of amides is 1. The van der Waals surface area contributed by atoms with Gasteiger partial charge in [-0.25, -0.2) is 4.79 Å². The summed E-state index contributed by atoms with van der Waals surface area (Å²) in [5.74, 6) is 0.981. The molecular weight excluding hydrogens is 238 g/mol. The van der Waals surface area contributed by atoms with Gasteiger partial charge in [-0.05, 0) is 30.9 Å². The molecule has 0 aliphatic heterocycles. The lowest BCUT2D eigenvalue weighted by atomic mass is 10.2. The molecule has 0 spiro atoms. The maximum absolute atomic E-state index is 11.5. The summed E-state index contributed by atoms with van der Waals surface area (Å²) in [5.41, 5.74) is 0. The van der Waals surface area contributed by atoms with E-state index < -0.39 is 12.0 Å². The molecule has 0 radical (unpaired) electrons. The number of aliphatic carboxylic acids is 1. The first kappa shape index (κ1) is 14.4. The first-order valence-electron chi connectivity index (χ1n) is 6.25. The van der Waals surface area contributed by atoms with Gasteiger partial charge in [0.15, 0.2) is 0 Å². The van der Waals surface area contributed by atoms with Crippen molar-refractivity contribution in [2.24, 2.45) is 5.92 Å². The summed E-state index contributed by atoms with van der Waals surface area (Å²) in [6, 6.07) is -0.664. The van der Waals surface area contributed by atoms with E-state index in [1.54, 1.807) is 11.8 Å². The summed E-state index contributed by atoms with van der Waals surface area (Å²) in [5, 5.41) is 11.6. The minimum absolute atomic E-state index is 0.131. The molecule has 5 heteroatoms. The molecule has 1 amide bonds. The Bertz CT molecular complexity index is 266. The van der Waals surface area contributed by atoms with Crippen LogP contribution < -0.4 is 5.32 Å². The van der Waals surface area contributed by atoms with E-state index in [0.717, 1.165) is 24.3 Å². The van der Waals surface area contributed by atoms with E-state index in [1.165, 1.54) is 12.8 Å². The van der Waals surface area contributed by atoms with Gasteiger partial charge in [-0.1, -0.05) is 13.3 Å². The van der Waals surface area contributed by atoms with Gasteiger partial charge in [-0.15, -0.1) is 0 Å². The van der Waals surface area contributed by atoms with Gasteiger partial charge >= 0.3 is 5.97 Å². The van der Waals surface area contributed by atoms with Crippen LogP contribution in [-0.4, -0.2) is 34.5 Å². The number of carboxylic acid groups (broad SMARTS) is 1. The fourth-order valence-electron chi connectivity index (χ4n) is 1.57. The average molecular weight is 259 g/mol. The number of hydrogen-bond acceptors (Lipinski definition) is 3. The zero-order valence-corrected chi connectivity index (χ0v) is 11.1. The van der Waals surface area contributed by atoms with Crippen molar-refractivity contribution in [2.45, 2.75) is 45.1 Å². The highest BCUT2D eigenvalue weighted by molar-refractivity contribution is 7.99. The van der Waals surface area contributed by atoms with Crippen molar-refractivity contribution in [3.05, 3.63) is 0 Å². The molecule has 2 N–H and O–H groups in total. The van der Waals surface area contributed by atoms with Crippen LogP contribution in [0.2, 0.25) is 0 Å². The number of unbranched alkanes of at least 4 members (excludes halogenated alkanes) is 1. The normalized spacial score (nSPS) is 16.5. The Morgan fingerprint density at radius 2 is 2.12 bits per heavy atom. The van der Waals surface area contributed by atoms with E-state index in [2.05, 4.69) is 12.2 Å². The van der Waals surface area contributed by atoms with Crippen molar-refractivity contribution in [1.29, 1.82) is 0 Å². The number of carbonyl (C=O) groups excluding carboxylic acids is 1. The summed E-state index contributed by atoms with van der Waals surface area (Å²) in [6.07, 6.45) is 4.60. The summed E-state index contributed by atoms with van der Waals surface area (Å²) in [6.45, 7) is 2.14. The predicted octanol–water partition coefficient (Wildman–Crippen LogP) is 1.89. The first-order chi connectivity index (χ1) is 8.15. The van der Waals surface area contributed by atoms with Crippen molar-refractivity contribution in [3.8, 4) is 0 Å². The molecule has 1 saturated carbocycles. The lowest BCUT2D eigenvalue weighted by Gasteiger charge is -2.13. The molecule has 0 aromatic carbocycles. The van der Waals surface area contributed by atoms with Gasteiger partial charge < -0.3 is 10.4 Å². The second kappa shape index (κ2) is 7.58. The fraction of sp³-hybridized carbons (Fsp3) is 0.833. The van der Waals surface area contributed by atoms with Crippen LogP contribution in [0.1, 0.15) is 39.0 Å². The highest BCUT2D eigenvalue weighted by Gasteiger charge is 2.36. The van der Waals surface area contributed by atoms with Crippen LogP contribution in [0.15, 0.2) is 0 Å². The lowest BCUT2D eigenvalue weighted by molar-refractivity contribution is -0.142. The Kier molecular flexibility index (Phi) is 6.40. The fourth-order valence-corrected chi connectivity index (χ4v) is 2.60. The maximum atomic E-state index is 11.5. The second-order valence-electron chi connectivity index (χ2n) is 4.44. The maximum Gasteiger partial charge on any atom is 0.326 e. The standard InChI is InChI=1S/C12H21NO3S/c1-2-3-7-17-8-6-10(14)13-11(12(15)16)9-4-5-9/h9,11H,2-8H2,1H3,(H,13,14)(H,15,16). The van der Waals surface area contributed by atoms with Gasteiger partial charge in [0, 0.05) is 12.2 Å². The molecule has 0 bridgehead atoms. The number of carboxylic acids is 1. The largest absolute Gasteiger partial charge is 0.480 e. The summed E-state index contributed by atoms with van der Waals surface area (Å²) < 4.78 is 0. The van der Waals surface area contributed by atoms with Crippen molar-refractivity contribution >= 4 is 23.6 Å². The third kappa shape index (κ3) is 5.96. The van der Waals surface area contributed by atoms with Crippen molar-refractivity contribution in [1.82, 2.24) is 5.32 Å². The van der Waals surface area contributed by atoms with Gasteiger partial charge in [-0.2, -0.15) is 11.8 Å². The van der Waals surface area contributed by atoms with Crippen LogP contribution in [0, 0.1) is 5.92 Å². The minimum atomic E-state index is -0.903. The molecule has 1 aliphatic rings. The molecule has 1 fully saturated rings. The molecule has 0 aromatic heterocycles. The van der Waals surface area contributed by atoms with Gasteiger partial charge in [-0.3, -0.25) is 4.79 Å². The highest BCUT2D eigenvalue weighted by Crippen LogP contribution is 2.32. The SMILES string of the molecule is CCCCSCCC(=O)NC(C(=O)O)C1CC1. The summed E-state index contributed by atoms with van der Waals surface area (Å²) in [4.78, 5) is 22.4. The van der Waals surface area contributed by atoms with E-state index in [-0.39, 0.29) is 11.8 Å². The zero-order valence-electron chi connectivity index (χ0n) is 10.3. The molecule has 4 nitrogen and oxygen atoms in total. The smallest absolute Gasteiger partial charge is 0.326 e. The Morgan fingerprint density at radius 3 is 2.65 bits per heavy atom. The van der Waals surface area contributed by atoms with Crippen LogP contribution in [0.25, 0.3) is 0 Å². The molecule has 0 saturated heterocycles. The van der Waals surface area contributed by atoms with Gasteiger partial charge in [0.1, 0.15) is 6.04 Å². The summed E-state index contributed by atoms with van der Waals surface area (Å²) >= 11 is 1.76. The molecule has 0 aromatic rings. The second-order valence-corrected chi connectivity index (χ2v) is 5.66. The van der Waals surface area contributed by atoms with Crippen LogP contribution in [0.3, 0.4) is 0 Å². The molecule has 1 atom stereocenters. The third-order valence-electron chi connectivity index (χ3n) is 2.79. The van der Waals surface area contributed by atoms with Gasteiger partial charge in [0.25, 0.3) is 0 Å². The Hall–Kier alpha value is -0.710. The Balaban J connectivity index is 2.12. The van der Waals surface area contributed by atoms with Crippen LogP contribution in [0.4, 0.5) is 0 Å². The minimum Gasteiger partial charge on any atom is -0.480 e. The molecule has 1 unspecified atom stereocenters. The molecule has 1 rings (SSSR count). The number of thioether (sulfide) groups is 1. The number of hydrogen-bond donors (Lipinski definition) is 2. The van der Waals surface area contributed by atoms with E-state index >= 15 is 0 Å². The third-order valence-corrected chi connectivity index (χ3v) is 3.86. The summed E-state index contributed by atoms with van der Waals surface area (Å²) in [7, 11) is 0. The zero-order chi connectivity index (χ0) is 12.7. The molecular formula is C12H21NO3S. The molecule has 17 heavy (non-hydrogen) atoms. The number of rotatable bonds is 9. The van der Waals surface area contributed by atoms with E-state index in [4.69, 9.17) is 5.11 Å². The van der Waals surface area contributed by atoms with Gasteiger partial charge in [0.2, 0.25) is 5.91 Å². The van der Waals surface area contributed by atoms with Crippen LogP contribution in [-0.2, 0) is 9.59 Å². The molecule has 1 aliphatic carbocycles. The average Bonchev–Trinajstić information content (AvgIpc) is 3.09. The highest BCUT2D eigenvalue weighted by atomic mass is 32.2. The topological polar surface area (TPSA) is 66.4 Å². The molecule has 0 heterocycles. The lowest BCUT2D eigenvalue weighted by Crippen LogP contribution is -2.42. The van der Waals surface area contributed by atoms with E-state index in [1.807, 2.05) is 0 Å². The predicted molar refractivity (Wildman–Crippen MR) is 69.1 cm³/mol. The number of carbonyl (C=O) groups is 2. The van der Waals surface area contributed by atoms with E-state index in [0.29, 0.717) is 6.42 Å². The van der Waals surface area contributed by atoms with Gasteiger partial charge in [0.05, 0.1) is 0 Å². The van der Waals surface area contributed by atoms with Crippen molar-refractivity contribution < 1.29 is 14.7 Å². The van der Waals surface area contributed by atoms with Crippen molar-refractivity contribution in [3.63, 3.8) is 0 Å². The Morgan fingerprint density at radius 1 is 1.41 bits per heavy atom. The molecule has 98 valence electrons. The Labute approximate surface area is 107 Å². The quantitative estimate of drug-likeness (QED) is 0.621. The van der Waals surface area contributed by atoms with Crippen molar-refractivity contribution in [2.75, 3.05) is 11.5 Å². The van der Waals surface area contributed by atoms with Crippen LogP contribution in [0.5, 0.6) is 0 Å². The first-order valence-corrected chi connectivity index (χ1v) is 7.40. The van der Waals surface area contributed by atoms with E-state index in [9.17, 15) is 9.59 Å². The number of nitrogens with one attached hydrogen (secondary N) is 1.